The van der Waals surface area contributed by atoms with Crippen LogP contribution in [0, 0.1) is 0 Å². The number of rotatable bonds is 7. The first-order chi connectivity index (χ1) is 10.1. The van der Waals surface area contributed by atoms with E-state index in [9.17, 15) is 9.35 Å². The molecule has 2 rings (SSSR count). The van der Waals surface area contributed by atoms with Gasteiger partial charge in [-0.15, -0.1) is 0 Å². The third kappa shape index (κ3) is 5.13. The van der Waals surface area contributed by atoms with Gasteiger partial charge in [0.15, 0.2) is 5.75 Å². The number of ether oxygens (including phenoxy) is 1. The van der Waals surface area contributed by atoms with Gasteiger partial charge in [0, 0.05) is 5.56 Å². The minimum absolute atomic E-state index is 0.117. The molecule has 1 amide bonds. The second-order valence-corrected chi connectivity index (χ2v) is 6.02. The van der Waals surface area contributed by atoms with Crippen molar-refractivity contribution >= 4 is 17.1 Å². The van der Waals surface area contributed by atoms with Crippen LogP contribution in [0.1, 0.15) is 11.1 Å². The second-order valence-electron chi connectivity index (χ2n) is 4.57. The fraction of sp³-hybridized carbons (Fsp3) is 0.188. The van der Waals surface area contributed by atoms with Crippen molar-refractivity contribution in [3.8, 4) is 5.75 Å². The minimum atomic E-state index is -1.29. The van der Waals surface area contributed by atoms with E-state index in [1.54, 1.807) is 0 Å². The Kier molecular flexibility index (Phi) is 5.66. The molecular weight excluding hydrogens is 286 g/mol. The first kappa shape index (κ1) is 15.4. The van der Waals surface area contributed by atoms with E-state index in [2.05, 4.69) is 0 Å². The Morgan fingerprint density at radius 1 is 1.05 bits per heavy atom. The predicted octanol–water partition coefficient (Wildman–Crippen LogP) is 2.00. The van der Waals surface area contributed by atoms with Gasteiger partial charge in [-0.2, -0.15) is 0 Å². The Morgan fingerprint density at radius 2 is 1.67 bits per heavy atom. The van der Waals surface area contributed by atoms with E-state index in [-0.39, 0.29) is 5.75 Å². The predicted molar refractivity (Wildman–Crippen MR) is 83.1 cm³/mol. The maximum atomic E-state index is 11.8. The van der Waals surface area contributed by atoms with Gasteiger partial charge in [0.05, 0.1) is 0 Å². The van der Waals surface area contributed by atoms with Gasteiger partial charge in [-0.1, -0.05) is 42.5 Å². The Balaban J connectivity index is 2.01. The summed E-state index contributed by atoms with van der Waals surface area (Å²) in [6.45, 7) is 0.397. The summed E-state index contributed by atoms with van der Waals surface area (Å²) >= 11 is -1.29. The molecule has 2 N–H and O–H groups in total. The monoisotopic (exact) mass is 303 g/mol. The number of para-hydroxylation sites is 1. The summed E-state index contributed by atoms with van der Waals surface area (Å²) in [5, 5.41) is 0. The summed E-state index contributed by atoms with van der Waals surface area (Å²) in [4.78, 5) is 10.8. The van der Waals surface area contributed by atoms with Crippen molar-refractivity contribution < 1.29 is 14.1 Å². The highest BCUT2D eigenvalue weighted by Gasteiger charge is 2.14. The van der Waals surface area contributed by atoms with Crippen molar-refractivity contribution in [1.29, 1.82) is 0 Å². The maximum Gasteiger partial charge on any atom is 0.267 e. The molecule has 21 heavy (non-hydrogen) atoms. The van der Waals surface area contributed by atoms with Gasteiger partial charge < -0.3 is 15.0 Å². The van der Waals surface area contributed by atoms with Crippen LogP contribution < -0.4 is 10.5 Å². The van der Waals surface area contributed by atoms with Crippen LogP contribution in [-0.4, -0.2) is 16.2 Å². The number of hydrogen-bond donors (Lipinski definition) is 1. The van der Waals surface area contributed by atoms with E-state index in [0.717, 1.165) is 16.9 Å². The van der Waals surface area contributed by atoms with Crippen LogP contribution in [0.2, 0.25) is 0 Å². The molecule has 5 heteroatoms. The van der Waals surface area contributed by atoms with Crippen LogP contribution >= 0.6 is 0 Å². The standard InChI is InChI=1S/C16H17NO3S/c17-16(18)12-21(19)11-14-7-5-4-6-13(14)10-20-15-8-2-1-3-9-15/h1-9H,10-12H2,(H2,17,18). The van der Waals surface area contributed by atoms with Crippen LogP contribution in [0.3, 0.4) is 0 Å². The number of hydrogen-bond acceptors (Lipinski definition) is 3. The first-order valence-corrected chi connectivity index (χ1v) is 8.02. The molecular formula is C16H17NO3S. The summed E-state index contributed by atoms with van der Waals surface area (Å²) in [6, 6.07) is 17.1. The Hall–Kier alpha value is -1.98. The zero-order chi connectivity index (χ0) is 15.1. The van der Waals surface area contributed by atoms with Crippen molar-refractivity contribution in [2.24, 2.45) is 5.73 Å². The zero-order valence-corrected chi connectivity index (χ0v) is 12.3. The summed E-state index contributed by atoms with van der Waals surface area (Å²) in [5.41, 5.74) is 6.93. The average Bonchev–Trinajstić information content (AvgIpc) is 2.46. The lowest BCUT2D eigenvalue weighted by Crippen LogP contribution is -2.24. The largest absolute Gasteiger partial charge is 0.616 e. The highest BCUT2D eigenvalue weighted by molar-refractivity contribution is 7.91. The smallest absolute Gasteiger partial charge is 0.267 e. The van der Waals surface area contributed by atoms with Crippen LogP contribution in [-0.2, 0) is 28.3 Å². The lowest BCUT2D eigenvalue weighted by molar-refractivity contribution is -0.115. The van der Waals surface area contributed by atoms with E-state index in [0.29, 0.717) is 12.4 Å². The molecule has 2 aromatic carbocycles. The van der Waals surface area contributed by atoms with Crippen molar-refractivity contribution in [3.05, 3.63) is 65.7 Å². The number of nitrogens with two attached hydrogens (primary N) is 1. The van der Waals surface area contributed by atoms with Gasteiger partial charge in [0.1, 0.15) is 18.1 Å². The highest BCUT2D eigenvalue weighted by atomic mass is 32.2. The van der Waals surface area contributed by atoms with Gasteiger partial charge in [-0.05, 0) is 28.9 Å². The maximum absolute atomic E-state index is 11.8. The molecule has 0 aliphatic heterocycles. The Bertz CT molecular complexity index is 589. The second kappa shape index (κ2) is 7.71. The summed E-state index contributed by atoms with van der Waals surface area (Å²) in [7, 11) is 0. The third-order valence-corrected chi connectivity index (χ3v) is 4.12. The number of benzene rings is 2. The van der Waals surface area contributed by atoms with Crippen molar-refractivity contribution in [2.75, 3.05) is 5.75 Å². The van der Waals surface area contributed by atoms with Crippen LogP contribution in [0.5, 0.6) is 5.75 Å². The van der Waals surface area contributed by atoms with Gasteiger partial charge in [-0.3, -0.25) is 4.79 Å². The van der Waals surface area contributed by atoms with E-state index >= 15 is 0 Å². The van der Waals surface area contributed by atoms with Gasteiger partial charge in [-0.25, -0.2) is 0 Å². The number of carbonyl (C=O) groups excluding carboxylic acids is 1. The number of carbonyl (C=O) groups is 1. The summed E-state index contributed by atoms with van der Waals surface area (Å²) < 4.78 is 17.5. The molecule has 1 atom stereocenters. The van der Waals surface area contributed by atoms with Crippen molar-refractivity contribution in [2.45, 2.75) is 12.4 Å². The molecule has 0 saturated carbocycles. The lowest BCUT2D eigenvalue weighted by atomic mass is 10.1. The van der Waals surface area contributed by atoms with Crippen LogP contribution in [0.25, 0.3) is 0 Å². The molecule has 0 saturated heterocycles. The average molecular weight is 303 g/mol. The van der Waals surface area contributed by atoms with E-state index in [1.165, 1.54) is 0 Å². The molecule has 2 aromatic rings. The van der Waals surface area contributed by atoms with E-state index < -0.39 is 17.1 Å². The quantitative estimate of drug-likeness (QED) is 0.795. The van der Waals surface area contributed by atoms with E-state index in [4.69, 9.17) is 10.5 Å². The van der Waals surface area contributed by atoms with Gasteiger partial charge in [0.2, 0.25) is 0 Å². The molecule has 0 aromatic heterocycles. The Labute approximate surface area is 127 Å². The third-order valence-electron chi connectivity index (χ3n) is 2.88. The molecule has 0 bridgehead atoms. The highest BCUT2D eigenvalue weighted by Crippen LogP contribution is 2.17. The topological polar surface area (TPSA) is 75.4 Å². The minimum Gasteiger partial charge on any atom is -0.616 e. The molecule has 1 unspecified atom stereocenters. The Morgan fingerprint density at radius 3 is 2.33 bits per heavy atom. The molecule has 0 aliphatic carbocycles. The molecule has 0 radical (unpaired) electrons. The van der Waals surface area contributed by atoms with Crippen molar-refractivity contribution in [1.82, 2.24) is 0 Å². The normalized spacial score (nSPS) is 11.9. The number of amides is 1. The fourth-order valence-corrected chi connectivity index (χ4v) is 2.95. The van der Waals surface area contributed by atoms with Crippen LogP contribution in [0.15, 0.2) is 54.6 Å². The van der Waals surface area contributed by atoms with Gasteiger partial charge >= 0.3 is 0 Å². The van der Waals surface area contributed by atoms with Gasteiger partial charge in [0.25, 0.3) is 5.91 Å². The van der Waals surface area contributed by atoms with Crippen LogP contribution in [0.4, 0.5) is 0 Å². The zero-order valence-electron chi connectivity index (χ0n) is 11.5. The molecule has 0 spiro atoms. The molecule has 0 heterocycles. The fourth-order valence-electron chi connectivity index (χ4n) is 1.90. The molecule has 0 aliphatic rings. The first-order valence-electron chi connectivity index (χ1n) is 6.53. The van der Waals surface area contributed by atoms with Crippen molar-refractivity contribution in [3.63, 3.8) is 0 Å². The summed E-state index contributed by atoms with van der Waals surface area (Å²) in [6.07, 6.45) is 0. The molecule has 4 nitrogen and oxygen atoms in total. The molecule has 0 fully saturated rings. The van der Waals surface area contributed by atoms with E-state index in [1.807, 2.05) is 54.6 Å². The number of primary amides is 1. The lowest BCUT2D eigenvalue weighted by Gasteiger charge is -2.13. The molecule has 110 valence electrons. The SMILES string of the molecule is NC(=O)C[S+]([O-])Cc1ccccc1COc1ccccc1. The summed E-state index contributed by atoms with van der Waals surface area (Å²) in [5.74, 6) is 0.419.